The van der Waals surface area contributed by atoms with Crippen LogP contribution in [0.4, 0.5) is 5.82 Å². The van der Waals surface area contributed by atoms with Crippen LogP contribution in [0.25, 0.3) is 6.08 Å². The second-order valence-corrected chi connectivity index (χ2v) is 8.67. The predicted octanol–water partition coefficient (Wildman–Crippen LogP) is 1.64. The molecule has 0 aliphatic carbocycles. The second kappa shape index (κ2) is 9.75. The first-order valence-corrected chi connectivity index (χ1v) is 10.8. The smallest absolute Gasteiger partial charge is 0.270 e. The monoisotopic (exact) mass is 448 g/mol. The van der Waals surface area contributed by atoms with Crippen LogP contribution in [0, 0.1) is 18.3 Å². The number of methoxy groups -OCH3 is 1. The molecule has 8 nitrogen and oxygen atoms in total. The highest BCUT2D eigenvalue weighted by atomic mass is 32.2. The zero-order chi connectivity index (χ0) is 21.8. The number of amides is 1. The Bertz CT molecular complexity index is 990. The maximum atomic E-state index is 13.0. The summed E-state index contributed by atoms with van der Waals surface area (Å²) in [5, 5.41) is 9.54. The van der Waals surface area contributed by atoms with Gasteiger partial charge in [-0.3, -0.25) is 19.1 Å². The number of aromatic nitrogens is 1. The van der Waals surface area contributed by atoms with Gasteiger partial charge < -0.3 is 14.4 Å². The van der Waals surface area contributed by atoms with Crippen molar-refractivity contribution in [1.29, 1.82) is 5.26 Å². The molecule has 0 bridgehead atoms. The molecule has 2 aliphatic heterocycles. The Morgan fingerprint density at radius 2 is 2.03 bits per heavy atom. The lowest BCUT2D eigenvalue weighted by Gasteiger charge is -2.32. The number of anilines is 1. The molecule has 2 saturated heterocycles. The molecular weight excluding hydrogens is 424 g/mol. The molecule has 0 atom stereocenters. The molecule has 3 rings (SSSR count). The lowest BCUT2D eigenvalue weighted by molar-refractivity contribution is -0.122. The first-order chi connectivity index (χ1) is 14.4. The van der Waals surface area contributed by atoms with Crippen LogP contribution < -0.4 is 10.5 Å². The number of pyridine rings is 1. The van der Waals surface area contributed by atoms with E-state index < -0.39 is 0 Å². The van der Waals surface area contributed by atoms with Gasteiger partial charge in [0, 0.05) is 46.0 Å². The number of morpholine rings is 1. The third kappa shape index (κ3) is 4.30. The van der Waals surface area contributed by atoms with Gasteiger partial charge in [-0.15, -0.1) is 0 Å². The minimum absolute atomic E-state index is 0.0799. The van der Waals surface area contributed by atoms with Crippen molar-refractivity contribution in [2.24, 2.45) is 7.05 Å². The minimum atomic E-state index is -0.347. The Balaban J connectivity index is 2.07. The van der Waals surface area contributed by atoms with Crippen LogP contribution in [-0.2, 0) is 21.3 Å². The van der Waals surface area contributed by atoms with Gasteiger partial charge in [0.1, 0.15) is 21.8 Å². The largest absolute Gasteiger partial charge is 0.385 e. The van der Waals surface area contributed by atoms with Crippen molar-refractivity contribution in [2.75, 3.05) is 51.5 Å². The van der Waals surface area contributed by atoms with Gasteiger partial charge in [-0.05, 0) is 25.0 Å². The summed E-state index contributed by atoms with van der Waals surface area (Å²) in [6.07, 6.45) is 2.45. The second-order valence-electron chi connectivity index (χ2n) is 6.99. The fourth-order valence-corrected chi connectivity index (χ4v) is 4.85. The Morgan fingerprint density at radius 3 is 2.67 bits per heavy atom. The molecule has 3 heterocycles. The minimum Gasteiger partial charge on any atom is -0.385 e. The maximum absolute atomic E-state index is 13.0. The molecule has 0 N–H and O–H groups in total. The van der Waals surface area contributed by atoms with Crippen LogP contribution in [0.3, 0.4) is 0 Å². The van der Waals surface area contributed by atoms with Crippen molar-refractivity contribution in [3.05, 3.63) is 31.9 Å². The number of carbonyl (C=O) groups excluding carboxylic acids is 1. The van der Waals surface area contributed by atoms with Gasteiger partial charge in [0.05, 0.1) is 18.1 Å². The van der Waals surface area contributed by atoms with Crippen LogP contribution in [0.5, 0.6) is 0 Å². The molecule has 1 aromatic rings. The third-order valence-electron chi connectivity index (χ3n) is 5.16. The molecule has 1 amide bonds. The number of carbonyl (C=O) groups is 1. The van der Waals surface area contributed by atoms with Crippen molar-refractivity contribution < 1.29 is 14.3 Å². The van der Waals surface area contributed by atoms with E-state index in [-0.39, 0.29) is 17.0 Å². The maximum Gasteiger partial charge on any atom is 0.270 e. The SMILES string of the molecule is COCCCN1C(=O)/C(=C/c2c(C)c(C#N)c(=O)n(C)c2N2CCOCC2)SC1=S. The molecule has 0 spiro atoms. The molecule has 0 aromatic carbocycles. The van der Waals surface area contributed by atoms with Crippen LogP contribution in [0.2, 0.25) is 0 Å². The first-order valence-electron chi connectivity index (χ1n) is 9.61. The van der Waals surface area contributed by atoms with Gasteiger partial charge in [-0.25, -0.2) is 0 Å². The van der Waals surface area contributed by atoms with Crippen LogP contribution in [-0.4, -0.2) is 66.3 Å². The Hall–Kier alpha value is -2.19. The number of thioether (sulfide) groups is 1. The summed E-state index contributed by atoms with van der Waals surface area (Å²) in [4.78, 5) is 29.8. The lowest BCUT2D eigenvalue weighted by atomic mass is 10.0. The van der Waals surface area contributed by atoms with E-state index in [1.165, 1.54) is 16.3 Å². The van der Waals surface area contributed by atoms with E-state index in [1.54, 1.807) is 32.1 Å². The molecule has 2 aliphatic rings. The number of nitriles is 1. The van der Waals surface area contributed by atoms with Crippen LogP contribution in [0.1, 0.15) is 23.1 Å². The van der Waals surface area contributed by atoms with Gasteiger partial charge in [0.25, 0.3) is 11.5 Å². The van der Waals surface area contributed by atoms with Crippen LogP contribution in [0.15, 0.2) is 9.70 Å². The number of hydrogen-bond donors (Lipinski definition) is 0. The molecule has 30 heavy (non-hydrogen) atoms. The topological polar surface area (TPSA) is 87.8 Å². The number of thiocarbonyl (C=S) groups is 1. The average molecular weight is 449 g/mol. The van der Waals surface area contributed by atoms with E-state index in [1.807, 2.05) is 6.07 Å². The van der Waals surface area contributed by atoms with E-state index in [0.717, 1.165) is 0 Å². The fraction of sp³-hybridized carbons (Fsp3) is 0.500. The quantitative estimate of drug-likeness (QED) is 0.369. The van der Waals surface area contributed by atoms with Gasteiger partial charge >= 0.3 is 0 Å². The number of ether oxygens (including phenoxy) is 2. The van der Waals surface area contributed by atoms with Crippen molar-refractivity contribution >= 4 is 46.1 Å². The Kier molecular flexibility index (Phi) is 7.31. The van der Waals surface area contributed by atoms with E-state index in [4.69, 9.17) is 21.7 Å². The fourth-order valence-electron chi connectivity index (χ4n) is 3.56. The average Bonchev–Trinajstić information content (AvgIpc) is 3.01. The van der Waals surface area contributed by atoms with Gasteiger partial charge in [0.15, 0.2) is 0 Å². The highest BCUT2D eigenvalue weighted by Crippen LogP contribution is 2.35. The van der Waals surface area contributed by atoms with Crippen LogP contribution >= 0.6 is 24.0 Å². The molecule has 0 unspecified atom stereocenters. The van der Waals surface area contributed by atoms with E-state index in [0.29, 0.717) is 72.0 Å². The third-order valence-corrected chi connectivity index (χ3v) is 6.54. The molecule has 0 saturated carbocycles. The molecule has 10 heteroatoms. The normalized spacial score (nSPS) is 18.4. The summed E-state index contributed by atoms with van der Waals surface area (Å²) in [7, 11) is 3.27. The molecule has 2 fully saturated rings. The van der Waals surface area contributed by atoms with Gasteiger partial charge in [0.2, 0.25) is 0 Å². The van der Waals surface area contributed by atoms with Crippen molar-refractivity contribution in [3.63, 3.8) is 0 Å². The lowest BCUT2D eigenvalue weighted by Crippen LogP contribution is -2.40. The van der Waals surface area contributed by atoms with E-state index in [9.17, 15) is 14.9 Å². The summed E-state index contributed by atoms with van der Waals surface area (Å²) in [6, 6.07) is 2.02. The molecular formula is C20H24N4O4S2. The summed E-state index contributed by atoms with van der Waals surface area (Å²) >= 11 is 6.64. The summed E-state index contributed by atoms with van der Waals surface area (Å²) in [5.41, 5.74) is 0.983. The highest BCUT2D eigenvalue weighted by Gasteiger charge is 2.33. The van der Waals surface area contributed by atoms with Crippen molar-refractivity contribution in [3.8, 4) is 6.07 Å². The van der Waals surface area contributed by atoms with Crippen molar-refractivity contribution in [1.82, 2.24) is 9.47 Å². The highest BCUT2D eigenvalue weighted by molar-refractivity contribution is 8.26. The number of nitrogens with zero attached hydrogens (tertiary/aromatic N) is 4. The first kappa shape index (κ1) is 22.5. The predicted molar refractivity (Wildman–Crippen MR) is 121 cm³/mol. The summed E-state index contributed by atoms with van der Waals surface area (Å²) in [6.45, 7) is 5.12. The van der Waals surface area contributed by atoms with Crippen molar-refractivity contribution in [2.45, 2.75) is 13.3 Å². The summed E-state index contributed by atoms with van der Waals surface area (Å²) < 4.78 is 12.5. The van der Waals surface area contributed by atoms with Gasteiger partial charge in [-0.1, -0.05) is 24.0 Å². The zero-order valence-electron chi connectivity index (χ0n) is 17.3. The zero-order valence-corrected chi connectivity index (χ0v) is 18.9. The standard InChI is InChI=1S/C20H24N4O4S2/c1-13-14(11-16-19(26)24(20(29)30-16)5-4-8-27-3)17(23-6-9-28-10-7-23)22(2)18(25)15(13)12-21/h11H,4-10H2,1-3H3/b16-11-. The number of hydrogen-bond acceptors (Lipinski definition) is 8. The van der Waals surface area contributed by atoms with Gasteiger partial charge in [-0.2, -0.15) is 5.26 Å². The molecule has 1 aromatic heterocycles. The van der Waals surface area contributed by atoms with E-state index >= 15 is 0 Å². The number of rotatable bonds is 6. The Morgan fingerprint density at radius 1 is 1.33 bits per heavy atom. The Labute approximate surface area is 185 Å². The van der Waals surface area contributed by atoms with E-state index in [2.05, 4.69) is 4.90 Å². The molecule has 160 valence electrons. The summed E-state index contributed by atoms with van der Waals surface area (Å²) in [5.74, 6) is 0.519. The molecule has 0 radical (unpaired) electrons.